The van der Waals surface area contributed by atoms with Gasteiger partial charge in [-0.1, -0.05) is 18.2 Å². The number of halogens is 1. The second-order valence-corrected chi connectivity index (χ2v) is 5.04. The molecule has 1 heterocycles. The molecule has 1 aliphatic heterocycles. The van der Waals surface area contributed by atoms with Crippen molar-refractivity contribution in [1.29, 1.82) is 0 Å². The molecule has 1 fully saturated rings. The van der Waals surface area contributed by atoms with Crippen LogP contribution in [0.3, 0.4) is 0 Å². The molecule has 0 aliphatic carbocycles. The van der Waals surface area contributed by atoms with Crippen LogP contribution in [-0.2, 0) is 11.2 Å². The van der Waals surface area contributed by atoms with E-state index in [9.17, 15) is 14.3 Å². The Morgan fingerprint density at radius 2 is 2.00 bits per heavy atom. The van der Waals surface area contributed by atoms with Gasteiger partial charge < -0.3 is 5.11 Å². The van der Waals surface area contributed by atoms with Crippen LogP contribution >= 0.6 is 0 Å². The molecular formula is C14H18FNO2. The number of likely N-dealkylation sites (tertiary alicyclic amines) is 1. The van der Waals surface area contributed by atoms with Crippen LogP contribution in [0.1, 0.15) is 25.3 Å². The van der Waals surface area contributed by atoms with Gasteiger partial charge in [-0.05, 0) is 44.5 Å². The van der Waals surface area contributed by atoms with Crippen LogP contribution in [0.4, 0.5) is 4.39 Å². The third-order valence-electron chi connectivity index (χ3n) is 3.76. The minimum atomic E-state index is -1.02. The Kier molecular flexibility index (Phi) is 3.66. The number of hydrogen-bond donors (Lipinski definition) is 1. The maximum atomic E-state index is 13.7. The number of rotatable bonds is 4. The molecule has 1 aromatic rings. The number of nitrogens with zero attached hydrogens (tertiary/aromatic N) is 1. The van der Waals surface area contributed by atoms with E-state index in [0.717, 1.165) is 25.9 Å². The molecule has 18 heavy (non-hydrogen) atoms. The summed E-state index contributed by atoms with van der Waals surface area (Å²) in [7, 11) is 0. The van der Waals surface area contributed by atoms with E-state index in [0.29, 0.717) is 5.56 Å². The van der Waals surface area contributed by atoms with Crippen LogP contribution in [0, 0.1) is 5.82 Å². The Morgan fingerprint density at radius 3 is 2.56 bits per heavy atom. The fourth-order valence-electron chi connectivity index (χ4n) is 2.55. The van der Waals surface area contributed by atoms with Crippen LogP contribution in [0.25, 0.3) is 0 Å². The lowest BCUT2D eigenvalue weighted by atomic mass is 9.91. The minimum absolute atomic E-state index is 0.203. The fraction of sp³-hybridized carbons (Fsp3) is 0.500. The molecule has 1 aromatic carbocycles. The third kappa shape index (κ3) is 2.38. The van der Waals surface area contributed by atoms with E-state index in [4.69, 9.17) is 0 Å². The highest BCUT2D eigenvalue weighted by atomic mass is 19.1. The van der Waals surface area contributed by atoms with Gasteiger partial charge in [-0.3, -0.25) is 9.69 Å². The monoisotopic (exact) mass is 251 g/mol. The molecule has 0 saturated carbocycles. The molecule has 0 bridgehead atoms. The minimum Gasteiger partial charge on any atom is -0.480 e. The molecule has 1 N–H and O–H groups in total. The molecule has 98 valence electrons. The molecule has 0 spiro atoms. The van der Waals surface area contributed by atoms with Gasteiger partial charge in [0.2, 0.25) is 0 Å². The summed E-state index contributed by atoms with van der Waals surface area (Å²) in [5.41, 5.74) is -0.548. The maximum Gasteiger partial charge on any atom is 0.324 e. The summed E-state index contributed by atoms with van der Waals surface area (Å²) in [5, 5.41) is 9.48. The summed E-state index contributed by atoms with van der Waals surface area (Å²) in [6, 6.07) is 6.39. The van der Waals surface area contributed by atoms with Gasteiger partial charge >= 0.3 is 5.97 Å². The van der Waals surface area contributed by atoms with Gasteiger partial charge in [-0.15, -0.1) is 0 Å². The van der Waals surface area contributed by atoms with E-state index >= 15 is 0 Å². The topological polar surface area (TPSA) is 40.5 Å². The molecule has 1 atom stereocenters. The highest BCUT2D eigenvalue weighted by molar-refractivity contribution is 5.78. The Balaban J connectivity index is 2.26. The van der Waals surface area contributed by atoms with Crippen molar-refractivity contribution in [3.8, 4) is 0 Å². The van der Waals surface area contributed by atoms with Crippen LogP contribution < -0.4 is 0 Å². The molecule has 1 aliphatic rings. The lowest BCUT2D eigenvalue weighted by Crippen LogP contribution is -2.52. The molecular weight excluding hydrogens is 233 g/mol. The highest BCUT2D eigenvalue weighted by Gasteiger charge is 2.41. The number of carboxylic acids is 1. The fourth-order valence-corrected chi connectivity index (χ4v) is 2.55. The van der Waals surface area contributed by atoms with Crippen molar-refractivity contribution in [2.24, 2.45) is 0 Å². The molecule has 2 rings (SSSR count). The van der Waals surface area contributed by atoms with Crippen LogP contribution in [0.15, 0.2) is 24.3 Å². The first kappa shape index (κ1) is 13.0. The summed E-state index contributed by atoms with van der Waals surface area (Å²) in [5.74, 6) is -1.21. The van der Waals surface area contributed by atoms with E-state index in [1.807, 2.05) is 4.90 Å². The Bertz CT molecular complexity index is 443. The molecule has 0 amide bonds. The third-order valence-corrected chi connectivity index (χ3v) is 3.76. The van der Waals surface area contributed by atoms with Gasteiger partial charge in [0.05, 0.1) is 0 Å². The molecule has 3 nitrogen and oxygen atoms in total. The summed E-state index contributed by atoms with van der Waals surface area (Å²) < 4.78 is 13.7. The van der Waals surface area contributed by atoms with Gasteiger partial charge in [-0.2, -0.15) is 0 Å². The Hall–Kier alpha value is -1.42. The predicted molar refractivity (Wildman–Crippen MR) is 67.0 cm³/mol. The second-order valence-electron chi connectivity index (χ2n) is 5.04. The van der Waals surface area contributed by atoms with Crippen molar-refractivity contribution in [1.82, 2.24) is 4.90 Å². The Morgan fingerprint density at radius 1 is 1.39 bits per heavy atom. The molecule has 0 radical (unpaired) electrons. The second kappa shape index (κ2) is 5.06. The first-order chi connectivity index (χ1) is 8.54. The molecule has 4 heteroatoms. The quantitative estimate of drug-likeness (QED) is 0.892. The Labute approximate surface area is 106 Å². The van der Waals surface area contributed by atoms with Gasteiger partial charge in [-0.25, -0.2) is 4.39 Å². The number of carboxylic acid groups (broad SMARTS) is 1. The molecule has 1 saturated heterocycles. The van der Waals surface area contributed by atoms with E-state index in [1.54, 1.807) is 25.1 Å². The zero-order chi connectivity index (χ0) is 13.2. The lowest BCUT2D eigenvalue weighted by molar-refractivity contribution is -0.149. The predicted octanol–water partition coefficient (Wildman–Crippen LogP) is 2.31. The summed E-state index contributed by atoms with van der Waals surface area (Å²) in [6.07, 6.45) is 2.23. The highest BCUT2D eigenvalue weighted by Crippen LogP contribution is 2.26. The smallest absolute Gasteiger partial charge is 0.324 e. The van der Waals surface area contributed by atoms with E-state index in [2.05, 4.69) is 0 Å². The van der Waals surface area contributed by atoms with Crippen LogP contribution in [0.5, 0.6) is 0 Å². The number of hydrogen-bond acceptors (Lipinski definition) is 2. The van der Waals surface area contributed by atoms with Crippen molar-refractivity contribution < 1.29 is 14.3 Å². The van der Waals surface area contributed by atoms with Crippen LogP contribution in [-0.4, -0.2) is 34.6 Å². The van der Waals surface area contributed by atoms with E-state index < -0.39 is 11.5 Å². The van der Waals surface area contributed by atoms with E-state index in [-0.39, 0.29) is 12.2 Å². The number of benzene rings is 1. The van der Waals surface area contributed by atoms with Crippen molar-refractivity contribution in [2.45, 2.75) is 31.7 Å². The maximum absolute atomic E-state index is 13.7. The van der Waals surface area contributed by atoms with Crippen molar-refractivity contribution in [2.75, 3.05) is 13.1 Å². The van der Waals surface area contributed by atoms with Crippen molar-refractivity contribution >= 4 is 5.97 Å². The summed E-state index contributed by atoms with van der Waals surface area (Å²) >= 11 is 0. The lowest BCUT2D eigenvalue weighted by Gasteiger charge is -2.35. The normalized spacial score (nSPS) is 19.7. The summed E-state index contributed by atoms with van der Waals surface area (Å²) in [6.45, 7) is 3.24. The average molecular weight is 251 g/mol. The first-order valence-electron chi connectivity index (χ1n) is 6.26. The van der Waals surface area contributed by atoms with Crippen molar-refractivity contribution in [3.05, 3.63) is 35.6 Å². The first-order valence-corrected chi connectivity index (χ1v) is 6.26. The SMILES string of the molecule is CC(Cc1ccccc1F)(C(=O)O)N1CCCC1. The average Bonchev–Trinajstić information content (AvgIpc) is 2.86. The largest absolute Gasteiger partial charge is 0.480 e. The van der Waals surface area contributed by atoms with Crippen LogP contribution in [0.2, 0.25) is 0 Å². The number of aliphatic carboxylic acids is 1. The van der Waals surface area contributed by atoms with E-state index in [1.165, 1.54) is 6.07 Å². The van der Waals surface area contributed by atoms with Gasteiger partial charge in [0.15, 0.2) is 0 Å². The standard InChI is InChI=1S/C14H18FNO2/c1-14(13(17)18,16-8-4-5-9-16)10-11-6-2-3-7-12(11)15/h2-3,6-7H,4-5,8-10H2,1H3,(H,17,18). The zero-order valence-corrected chi connectivity index (χ0v) is 10.5. The van der Waals surface area contributed by atoms with Gasteiger partial charge in [0.25, 0.3) is 0 Å². The van der Waals surface area contributed by atoms with Crippen molar-refractivity contribution in [3.63, 3.8) is 0 Å². The zero-order valence-electron chi connectivity index (χ0n) is 10.5. The molecule has 0 aromatic heterocycles. The summed E-state index contributed by atoms with van der Waals surface area (Å²) in [4.78, 5) is 13.5. The molecule has 1 unspecified atom stereocenters. The van der Waals surface area contributed by atoms with Gasteiger partial charge in [0, 0.05) is 6.42 Å². The number of carbonyl (C=O) groups is 1. The van der Waals surface area contributed by atoms with Gasteiger partial charge in [0.1, 0.15) is 11.4 Å².